The second kappa shape index (κ2) is 10.4. The molecule has 5 nitrogen and oxygen atoms in total. The van der Waals surface area contributed by atoms with E-state index in [9.17, 15) is 9.59 Å². The average Bonchev–Trinajstić information content (AvgIpc) is 2.77. The number of hydrogen-bond donors (Lipinski definition) is 0. The van der Waals surface area contributed by atoms with Crippen molar-refractivity contribution in [2.75, 3.05) is 24.6 Å². The Kier molecular flexibility index (Phi) is 7.63. The summed E-state index contributed by atoms with van der Waals surface area (Å²) < 4.78 is 5.52. The van der Waals surface area contributed by atoms with Crippen LogP contribution in [0.5, 0.6) is 0 Å². The third-order valence-corrected chi connectivity index (χ3v) is 5.74. The van der Waals surface area contributed by atoms with Crippen LogP contribution in [0, 0.1) is 0 Å². The number of rotatable bonds is 8. The molecule has 0 bridgehead atoms. The smallest absolute Gasteiger partial charge is 0.332 e. The molecule has 0 N–H and O–H groups in total. The topological polar surface area (TPSA) is 49.9 Å². The van der Waals surface area contributed by atoms with Gasteiger partial charge in [0.2, 0.25) is 5.91 Å². The van der Waals surface area contributed by atoms with Crippen molar-refractivity contribution >= 4 is 17.6 Å². The average molecular weight is 409 g/mol. The van der Waals surface area contributed by atoms with Crippen molar-refractivity contribution in [3.8, 4) is 0 Å². The highest BCUT2D eigenvalue weighted by molar-refractivity contribution is 6.02. The molecule has 30 heavy (non-hydrogen) atoms. The number of amides is 1. The van der Waals surface area contributed by atoms with Crippen LogP contribution in [0.2, 0.25) is 0 Å². The molecule has 1 aliphatic heterocycles. The van der Waals surface area contributed by atoms with E-state index in [2.05, 4.69) is 17.0 Å². The van der Waals surface area contributed by atoms with E-state index in [1.807, 2.05) is 62.4 Å². The van der Waals surface area contributed by atoms with Crippen LogP contribution in [0.3, 0.4) is 0 Å². The van der Waals surface area contributed by atoms with Crippen LogP contribution in [0.15, 0.2) is 60.7 Å². The summed E-state index contributed by atoms with van der Waals surface area (Å²) in [5.74, 6) is -0.314. The minimum Gasteiger partial charge on any atom is -0.464 e. The molecule has 160 valence electrons. The molecule has 1 saturated heterocycles. The van der Waals surface area contributed by atoms with Gasteiger partial charge in [-0.3, -0.25) is 14.6 Å². The first-order valence-electron chi connectivity index (χ1n) is 10.9. The minimum absolute atomic E-state index is 0.0201. The molecule has 0 spiro atoms. The van der Waals surface area contributed by atoms with Gasteiger partial charge in [0.1, 0.15) is 5.54 Å². The largest absolute Gasteiger partial charge is 0.464 e. The lowest BCUT2D eigenvalue weighted by molar-refractivity contribution is -0.153. The molecule has 0 saturated carbocycles. The molecule has 0 aliphatic carbocycles. The summed E-state index contributed by atoms with van der Waals surface area (Å²) in [5.41, 5.74) is 1.06. The van der Waals surface area contributed by atoms with Crippen LogP contribution in [0.25, 0.3) is 0 Å². The fourth-order valence-electron chi connectivity index (χ4n) is 4.24. The Hall–Kier alpha value is -2.66. The molecule has 1 amide bonds. The lowest BCUT2D eigenvalue weighted by Gasteiger charge is -2.46. The molecule has 5 heteroatoms. The number of piperidine rings is 1. The van der Waals surface area contributed by atoms with Crippen molar-refractivity contribution in [2.45, 2.75) is 51.6 Å². The van der Waals surface area contributed by atoms with E-state index in [1.165, 1.54) is 5.56 Å². The molecular weight excluding hydrogens is 376 g/mol. The number of carbonyl (C=O) groups excluding carboxylic acids is 2. The zero-order chi connectivity index (χ0) is 21.4. The number of benzene rings is 2. The van der Waals surface area contributed by atoms with E-state index in [-0.39, 0.29) is 11.9 Å². The van der Waals surface area contributed by atoms with Gasteiger partial charge in [-0.05, 0) is 43.9 Å². The van der Waals surface area contributed by atoms with Crippen LogP contribution in [-0.4, -0.2) is 42.0 Å². The molecule has 3 rings (SSSR count). The number of likely N-dealkylation sites (tertiary alicyclic amines) is 1. The van der Waals surface area contributed by atoms with E-state index in [4.69, 9.17) is 4.74 Å². The zero-order valence-corrected chi connectivity index (χ0v) is 18.0. The van der Waals surface area contributed by atoms with Crippen LogP contribution < -0.4 is 4.90 Å². The standard InChI is InChI=1S/C25H32N2O3/c1-3-11-23(28)27(22-14-9-6-10-15-22)25(24(29)30-4-2)16-18-26(19-17-25)20-21-12-7-5-8-13-21/h5-10,12-15H,3-4,11,16-20H2,1-2H3. The first-order valence-corrected chi connectivity index (χ1v) is 10.9. The van der Waals surface area contributed by atoms with Crippen molar-refractivity contribution in [1.82, 2.24) is 4.90 Å². The van der Waals surface area contributed by atoms with Gasteiger partial charge in [-0.25, -0.2) is 4.79 Å². The fourth-order valence-corrected chi connectivity index (χ4v) is 4.24. The molecular formula is C25H32N2O3. The van der Waals surface area contributed by atoms with Gasteiger partial charge >= 0.3 is 5.97 Å². The summed E-state index contributed by atoms with van der Waals surface area (Å²) in [4.78, 5) is 30.6. The van der Waals surface area contributed by atoms with E-state index < -0.39 is 5.54 Å². The van der Waals surface area contributed by atoms with Gasteiger partial charge in [-0.2, -0.15) is 0 Å². The Balaban J connectivity index is 1.89. The SMILES string of the molecule is CCCC(=O)N(c1ccccc1)C1(C(=O)OCC)CCN(Cc2ccccc2)CC1. The van der Waals surface area contributed by atoms with Gasteiger partial charge in [0.05, 0.1) is 6.61 Å². The summed E-state index contributed by atoms with van der Waals surface area (Å²) >= 11 is 0. The maximum Gasteiger partial charge on any atom is 0.332 e. The van der Waals surface area contributed by atoms with Gasteiger partial charge < -0.3 is 4.74 Å². The van der Waals surface area contributed by atoms with E-state index in [1.54, 1.807) is 4.90 Å². The number of anilines is 1. The summed E-state index contributed by atoms with van der Waals surface area (Å²) in [7, 11) is 0. The first kappa shape index (κ1) is 22.0. The highest BCUT2D eigenvalue weighted by Crippen LogP contribution is 2.36. The third-order valence-electron chi connectivity index (χ3n) is 5.74. The molecule has 1 heterocycles. The van der Waals surface area contributed by atoms with E-state index >= 15 is 0 Å². The summed E-state index contributed by atoms with van der Waals surface area (Å²) in [6, 6.07) is 19.9. The molecule has 0 atom stereocenters. The van der Waals surface area contributed by atoms with Gasteiger partial charge in [0, 0.05) is 31.7 Å². The van der Waals surface area contributed by atoms with Gasteiger partial charge in [0.15, 0.2) is 0 Å². The Morgan fingerprint density at radius 1 is 0.967 bits per heavy atom. The summed E-state index contributed by atoms with van der Waals surface area (Å²) in [6.45, 7) is 6.41. The fraction of sp³-hybridized carbons (Fsp3) is 0.440. The zero-order valence-electron chi connectivity index (χ0n) is 18.0. The van der Waals surface area contributed by atoms with Crippen molar-refractivity contribution in [3.63, 3.8) is 0 Å². The number of nitrogens with zero attached hydrogens (tertiary/aromatic N) is 2. The van der Waals surface area contributed by atoms with Crippen LogP contribution in [-0.2, 0) is 20.9 Å². The van der Waals surface area contributed by atoms with Crippen molar-refractivity contribution in [3.05, 3.63) is 66.2 Å². The second-order valence-electron chi connectivity index (χ2n) is 7.83. The minimum atomic E-state index is -0.962. The predicted molar refractivity (Wildman–Crippen MR) is 119 cm³/mol. The monoisotopic (exact) mass is 408 g/mol. The summed E-state index contributed by atoms with van der Waals surface area (Å²) in [6.07, 6.45) is 2.26. The number of para-hydroxylation sites is 1. The first-order chi connectivity index (χ1) is 14.6. The Morgan fingerprint density at radius 2 is 1.57 bits per heavy atom. The second-order valence-corrected chi connectivity index (χ2v) is 7.83. The highest BCUT2D eigenvalue weighted by atomic mass is 16.5. The maximum atomic E-state index is 13.3. The number of ether oxygens (including phenoxy) is 1. The molecule has 0 unspecified atom stereocenters. The van der Waals surface area contributed by atoms with E-state index in [0.29, 0.717) is 25.9 Å². The van der Waals surface area contributed by atoms with E-state index in [0.717, 1.165) is 31.7 Å². The Morgan fingerprint density at radius 3 is 2.13 bits per heavy atom. The summed E-state index contributed by atoms with van der Waals surface area (Å²) in [5, 5.41) is 0. The molecule has 2 aromatic rings. The predicted octanol–water partition coefficient (Wildman–Crippen LogP) is 4.42. The molecule has 2 aromatic carbocycles. The highest BCUT2D eigenvalue weighted by Gasteiger charge is 2.50. The van der Waals surface area contributed by atoms with Crippen molar-refractivity contribution < 1.29 is 14.3 Å². The molecule has 0 aromatic heterocycles. The van der Waals surface area contributed by atoms with Crippen LogP contribution >= 0.6 is 0 Å². The quantitative estimate of drug-likeness (QED) is 0.607. The van der Waals surface area contributed by atoms with Gasteiger partial charge in [-0.15, -0.1) is 0 Å². The van der Waals surface area contributed by atoms with Crippen molar-refractivity contribution in [2.24, 2.45) is 0 Å². The number of hydrogen-bond acceptors (Lipinski definition) is 4. The number of esters is 1. The maximum absolute atomic E-state index is 13.3. The van der Waals surface area contributed by atoms with Gasteiger partial charge in [-0.1, -0.05) is 55.5 Å². The number of carbonyl (C=O) groups is 2. The molecule has 1 fully saturated rings. The lowest BCUT2D eigenvalue weighted by Crippen LogP contribution is -2.62. The normalized spacial score (nSPS) is 16.1. The van der Waals surface area contributed by atoms with Crippen LogP contribution in [0.4, 0.5) is 5.69 Å². The van der Waals surface area contributed by atoms with Crippen LogP contribution in [0.1, 0.15) is 45.1 Å². The lowest BCUT2D eigenvalue weighted by atomic mass is 9.84. The molecule has 0 radical (unpaired) electrons. The third kappa shape index (κ3) is 4.90. The Bertz CT molecular complexity index is 815. The molecule has 1 aliphatic rings. The van der Waals surface area contributed by atoms with Crippen molar-refractivity contribution in [1.29, 1.82) is 0 Å². The van der Waals surface area contributed by atoms with Gasteiger partial charge in [0.25, 0.3) is 0 Å². The Labute approximate surface area is 179 Å².